The number of nitrogens with zero attached hydrogens (tertiary/aromatic N) is 2. The molecule has 0 saturated heterocycles. The number of rotatable bonds is 6. The number of aromatic nitrogens is 2. The lowest BCUT2D eigenvalue weighted by Crippen LogP contribution is -2.22. The number of ether oxygens (including phenoxy) is 2. The molecule has 0 unspecified atom stereocenters. The molecule has 2 heterocycles. The van der Waals surface area contributed by atoms with Gasteiger partial charge in [-0.1, -0.05) is 13.3 Å². The molecule has 0 aliphatic heterocycles. The van der Waals surface area contributed by atoms with Crippen LogP contribution in [0.4, 0.5) is 5.69 Å². The molecular formula is C19H19N3O7. The van der Waals surface area contributed by atoms with E-state index in [1.165, 1.54) is 22.8 Å². The van der Waals surface area contributed by atoms with E-state index >= 15 is 0 Å². The Labute approximate surface area is 164 Å². The minimum absolute atomic E-state index is 0.0682. The molecule has 3 rings (SSSR count). The first-order chi connectivity index (χ1) is 13.8. The number of nitro benzene ring substituents is 1. The van der Waals surface area contributed by atoms with Crippen molar-refractivity contribution >= 4 is 39.3 Å². The van der Waals surface area contributed by atoms with Gasteiger partial charge < -0.3 is 19.0 Å². The highest BCUT2D eigenvalue weighted by Crippen LogP contribution is 2.32. The predicted molar refractivity (Wildman–Crippen MR) is 104 cm³/mol. The molecule has 152 valence electrons. The Hall–Kier alpha value is -3.69. The normalized spacial score (nSPS) is 11.0. The number of benzene rings is 1. The molecule has 10 nitrogen and oxygen atoms in total. The van der Waals surface area contributed by atoms with Gasteiger partial charge in [0.25, 0.3) is 11.2 Å². The Morgan fingerprint density at radius 1 is 1.14 bits per heavy atom. The van der Waals surface area contributed by atoms with Gasteiger partial charge in [-0.2, -0.15) is 0 Å². The van der Waals surface area contributed by atoms with Crippen LogP contribution in [0, 0.1) is 10.1 Å². The third-order valence-electron chi connectivity index (χ3n) is 4.72. The lowest BCUT2D eigenvalue weighted by Gasteiger charge is -2.12. The molecule has 0 bridgehead atoms. The fraction of sp³-hybridized carbons (Fsp3) is 0.316. The van der Waals surface area contributed by atoms with Crippen molar-refractivity contribution in [3.05, 3.63) is 50.1 Å². The van der Waals surface area contributed by atoms with Gasteiger partial charge in [0.15, 0.2) is 0 Å². The summed E-state index contributed by atoms with van der Waals surface area (Å²) in [5.74, 6) is -1.65. The quantitative estimate of drug-likeness (QED) is 0.381. The number of aromatic amines is 1. The van der Waals surface area contributed by atoms with E-state index in [1.54, 1.807) is 0 Å². The van der Waals surface area contributed by atoms with Crippen molar-refractivity contribution < 1.29 is 24.0 Å². The maximum Gasteiger partial charge on any atom is 0.355 e. The van der Waals surface area contributed by atoms with Crippen molar-refractivity contribution in [2.24, 2.45) is 0 Å². The second-order valence-electron chi connectivity index (χ2n) is 6.38. The summed E-state index contributed by atoms with van der Waals surface area (Å²) in [6.45, 7) is 2.31. The SMILES string of the molecule is CCCCn1c(=O)c2c(C(=O)OC)[nH]c(C(=O)OC)c2c2cc([N+](=O)[O-])ccc21. The average molecular weight is 401 g/mol. The lowest BCUT2D eigenvalue weighted by molar-refractivity contribution is -0.384. The van der Waals surface area contributed by atoms with E-state index < -0.39 is 22.4 Å². The van der Waals surface area contributed by atoms with Crippen LogP contribution in [0.3, 0.4) is 0 Å². The molecule has 1 aromatic carbocycles. The van der Waals surface area contributed by atoms with Crippen LogP contribution >= 0.6 is 0 Å². The number of pyridine rings is 1. The summed E-state index contributed by atoms with van der Waals surface area (Å²) in [5, 5.41) is 11.6. The molecule has 1 N–H and O–H groups in total. The Morgan fingerprint density at radius 2 is 1.76 bits per heavy atom. The molecule has 0 aliphatic rings. The van der Waals surface area contributed by atoms with Crippen molar-refractivity contribution in [1.82, 2.24) is 9.55 Å². The minimum Gasteiger partial charge on any atom is -0.464 e. The molecule has 0 atom stereocenters. The largest absolute Gasteiger partial charge is 0.464 e. The van der Waals surface area contributed by atoms with Crippen LogP contribution in [0.1, 0.15) is 40.7 Å². The summed E-state index contributed by atoms with van der Waals surface area (Å²) in [5.41, 5.74) is -0.639. The van der Waals surface area contributed by atoms with E-state index in [2.05, 4.69) is 4.98 Å². The lowest BCUT2D eigenvalue weighted by atomic mass is 10.0. The number of non-ortho nitro benzene ring substituents is 1. The van der Waals surface area contributed by atoms with E-state index in [-0.39, 0.29) is 33.2 Å². The Bertz CT molecular complexity index is 1210. The summed E-state index contributed by atoms with van der Waals surface area (Å²) in [7, 11) is 2.30. The second kappa shape index (κ2) is 7.74. The number of fused-ring (bicyclic) bond motifs is 3. The van der Waals surface area contributed by atoms with E-state index in [0.717, 1.165) is 20.6 Å². The van der Waals surface area contributed by atoms with Gasteiger partial charge in [0, 0.05) is 29.4 Å². The van der Waals surface area contributed by atoms with Crippen LogP contribution in [0.2, 0.25) is 0 Å². The highest BCUT2D eigenvalue weighted by molar-refractivity contribution is 6.20. The van der Waals surface area contributed by atoms with Crippen LogP contribution in [0.15, 0.2) is 23.0 Å². The fourth-order valence-electron chi connectivity index (χ4n) is 3.35. The van der Waals surface area contributed by atoms with Crippen molar-refractivity contribution in [3.8, 4) is 0 Å². The van der Waals surface area contributed by atoms with Crippen molar-refractivity contribution in [1.29, 1.82) is 0 Å². The van der Waals surface area contributed by atoms with Gasteiger partial charge in [0.1, 0.15) is 11.4 Å². The number of nitrogens with one attached hydrogen (secondary N) is 1. The van der Waals surface area contributed by atoms with E-state index in [0.29, 0.717) is 18.5 Å². The van der Waals surface area contributed by atoms with E-state index in [1.807, 2.05) is 6.92 Å². The second-order valence-corrected chi connectivity index (χ2v) is 6.38. The minimum atomic E-state index is -0.839. The van der Waals surface area contributed by atoms with Gasteiger partial charge >= 0.3 is 11.9 Å². The summed E-state index contributed by atoms with van der Waals surface area (Å²) in [4.78, 5) is 51.3. The topological polar surface area (TPSA) is 134 Å². The number of H-pyrrole nitrogens is 1. The van der Waals surface area contributed by atoms with Gasteiger partial charge in [-0.25, -0.2) is 9.59 Å². The van der Waals surface area contributed by atoms with E-state index in [4.69, 9.17) is 9.47 Å². The number of methoxy groups -OCH3 is 2. The molecule has 3 aromatic rings. The maximum absolute atomic E-state index is 13.3. The molecule has 10 heteroatoms. The fourth-order valence-corrected chi connectivity index (χ4v) is 3.35. The van der Waals surface area contributed by atoms with Crippen LogP contribution < -0.4 is 5.56 Å². The van der Waals surface area contributed by atoms with E-state index in [9.17, 15) is 24.5 Å². The first-order valence-corrected chi connectivity index (χ1v) is 8.88. The van der Waals surface area contributed by atoms with Gasteiger partial charge in [-0.15, -0.1) is 0 Å². The highest BCUT2D eigenvalue weighted by atomic mass is 16.6. The third kappa shape index (κ3) is 3.22. The van der Waals surface area contributed by atoms with Crippen molar-refractivity contribution in [2.75, 3.05) is 14.2 Å². The number of esters is 2. The first-order valence-electron chi connectivity index (χ1n) is 8.88. The third-order valence-corrected chi connectivity index (χ3v) is 4.72. The molecule has 2 aromatic heterocycles. The molecule has 29 heavy (non-hydrogen) atoms. The molecule has 0 aliphatic carbocycles. The van der Waals surface area contributed by atoms with Crippen molar-refractivity contribution in [2.45, 2.75) is 26.3 Å². The van der Waals surface area contributed by atoms with Gasteiger partial charge in [-0.05, 0) is 12.5 Å². The Kier molecular flexibility index (Phi) is 5.35. The number of carbonyl (C=O) groups is 2. The van der Waals surface area contributed by atoms with Crippen LogP contribution in [0.5, 0.6) is 0 Å². The smallest absolute Gasteiger partial charge is 0.355 e. The molecule has 0 amide bonds. The predicted octanol–water partition coefficient (Wildman–Crippen LogP) is 2.76. The zero-order valence-corrected chi connectivity index (χ0v) is 16.1. The molecule has 0 saturated carbocycles. The monoisotopic (exact) mass is 401 g/mol. The summed E-state index contributed by atoms with van der Waals surface area (Å²) >= 11 is 0. The first kappa shape index (κ1) is 20.1. The van der Waals surface area contributed by atoms with Crippen LogP contribution in [-0.2, 0) is 16.0 Å². The number of nitro groups is 1. The van der Waals surface area contributed by atoms with Crippen LogP contribution in [0.25, 0.3) is 21.7 Å². The standard InChI is InChI=1S/C19H19N3O7/c1-4-5-8-21-12-7-6-10(22(26)27)9-11(12)13-14(17(21)23)16(19(25)29-3)20-15(13)18(24)28-2/h6-7,9,20H,4-5,8H2,1-3H3. The van der Waals surface area contributed by atoms with Crippen molar-refractivity contribution in [3.63, 3.8) is 0 Å². The number of hydrogen-bond donors (Lipinski definition) is 1. The Balaban J connectivity index is 2.58. The van der Waals surface area contributed by atoms with Crippen LogP contribution in [-0.4, -0.2) is 40.6 Å². The number of carbonyl (C=O) groups excluding carboxylic acids is 2. The zero-order chi connectivity index (χ0) is 21.3. The summed E-state index contributed by atoms with van der Waals surface area (Å²) in [6.07, 6.45) is 1.49. The zero-order valence-electron chi connectivity index (χ0n) is 16.1. The maximum atomic E-state index is 13.3. The van der Waals surface area contributed by atoms with Gasteiger partial charge in [-0.3, -0.25) is 14.9 Å². The number of aryl methyl sites for hydroxylation is 1. The molecular weight excluding hydrogens is 382 g/mol. The number of unbranched alkanes of at least 4 members (excludes halogenated alkanes) is 1. The molecule has 0 radical (unpaired) electrons. The molecule has 0 spiro atoms. The number of hydrogen-bond acceptors (Lipinski definition) is 7. The summed E-state index contributed by atoms with van der Waals surface area (Å²) in [6, 6.07) is 4.04. The average Bonchev–Trinajstić information content (AvgIpc) is 3.13. The Morgan fingerprint density at radius 3 is 2.31 bits per heavy atom. The summed E-state index contributed by atoms with van der Waals surface area (Å²) < 4.78 is 11.0. The van der Waals surface area contributed by atoms with Gasteiger partial charge in [0.05, 0.1) is 30.0 Å². The van der Waals surface area contributed by atoms with Gasteiger partial charge in [0.2, 0.25) is 0 Å². The molecule has 0 fully saturated rings. The highest BCUT2D eigenvalue weighted by Gasteiger charge is 2.28.